The third-order valence-corrected chi connectivity index (χ3v) is 0.982. The molecule has 0 aliphatic carbocycles. The predicted molar refractivity (Wildman–Crippen MR) is 43.4 cm³/mol. The molecule has 5 nitrogen and oxygen atoms in total. The van der Waals surface area contributed by atoms with Gasteiger partial charge in [-0.25, -0.2) is 9.59 Å². The van der Waals surface area contributed by atoms with Crippen LogP contribution in [-0.2, 0) is 14.3 Å². The third-order valence-electron chi connectivity index (χ3n) is 0.982. The second-order valence-corrected chi connectivity index (χ2v) is 2.09. The summed E-state index contributed by atoms with van der Waals surface area (Å²) in [5.74, 6) is -2.17. The number of carboxylic acids is 1. The van der Waals surface area contributed by atoms with E-state index in [2.05, 4.69) is 4.74 Å². The van der Waals surface area contributed by atoms with Gasteiger partial charge in [0.2, 0.25) is 0 Å². The van der Waals surface area contributed by atoms with Crippen LogP contribution in [0.5, 0.6) is 0 Å². The molecule has 0 spiro atoms. The summed E-state index contributed by atoms with van der Waals surface area (Å²) in [7, 11) is 0. The van der Waals surface area contributed by atoms with Gasteiger partial charge in [-0.1, -0.05) is 0 Å². The van der Waals surface area contributed by atoms with Crippen molar-refractivity contribution in [3.8, 4) is 0 Å². The van der Waals surface area contributed by atoms with Crippen LogP contribution in [0.15, 0.2) is 0 Å². The van der Waals surface area contributed by atoms with Crippen LogP contribution in [0, 0.1) is 0 Å². The van der Waals surface area contributed by atoms with Crippen LogP contribution in [0.2, 0.25) is 0 Å². The molecular formula is C6H12CaO5. The molecule has 12 heavy (non-hydrogen) atoms. The average molecular weight is 204 g/mol. The molecule has 0 radical (unpaired) electrons. The van der Waals surface area contributed by atoms with E-state index in [-0.39, 0.29) is 37.7 Å². The maximum absolute atomic E-state index is 10.5. The first-order valence-electron chi connectivity index (χ1n) is 3.06. The van der Waals surface area contributed by atoms with Gasteiger partial charge in [-0.15, -0.1) is 0 Å². The van der Waals surface area contributed by atoms with Crippen molar-refractivity contribution < 1.29 is 24.5 Å². The van der Waals surface area contributed by atoms with Crippen molar-refractivity contribution in [3.05, 3.63) is 0 Å². The van der Waals surface area contributed by atoms with Crippen LogP contribution < -0.4 is 0 Å². The van der Waals surface area contributed by atoms with E-state index >= 15 is 0 Å². The summed E-state index contributed by atoms with van der Waals surface area (Å²) >= 11 is 0. The number of esters is 1. The van der Waals surface area contributed by atoms with Crippen LogP contribution in [0.1, 0.15) is 13.8 Å². The normalized spacial score (nSPS) is 13.9. The van der Waals surface area contributed by atoms with Gasteiger partial charge in [0.15, 0.2) is 6.10 Å². The molecule has 0 fully saturated rings. The topological polar surface area (TPSA) is 83.8 Å². The molecule has 0 heterocycles. The molecule has 0 aromatic carbocycles. The van der Waals surface area contributed by atoms with Crippen molar-refractivity contribution in [3.63, 3.8) is 0 Å². The van der Waals surface area contributed by atoms with Gasteiger partial charge < -0.3 is 14.9 Å². The number of hydrogen-bond acceptors (Lipinski definition) is 4. The standard InChI is InChI=1S/C6H10O5.Ca.2H/c1-3(7)6(10)11-4(2)5(8)9;;;/h3-4,7H,1-2H3,(H,8,9);;;. The number of carbonyl (C=O) groups excluding carboxylic acids is 1. The van der Waals surface area contributed by atoms with Gasteiger partial charge in [-0.05, 0) is 13.8 Å². The minimum atomic E-state index is -1.28. The van der Waals surface area contributed by atoms with Gasteiger partial charge in [0, 0.05) is 0 Å². The van der Waals surface area contributed by atoms with E-state index in [1.165, 1.54) is 13.8 Å². The van der Waals surface area contributed by atoms with Crippen molar-refractivity contribution in [2.45, 2.75) is 26.1 Å². The number of aliphatic hydroxyl groups excluding tert-OH is 1. The first-order valence-corrected chi connectivity index (χ1v) is 3.06. The van der Waals surface area contributed by atoms with Crippen molar-refractivity contribution in [2.75, 3.05) is 0 Å². The molecule has 0 aliphatic heterocycles. The molecule has 0 bridgehead atoms. The number of carbonyl (C=O) groups is 2. The van der Waals surface area contributed by atoms with Crippen molar-refractivity contribution in [1.29, 1.82) is 0 Å². The van der Waals surface area contributed by atoms with E-state index in [0.29, 0.717) is 0 Å². The Morgan fingerprint density at radius 2 is 1.75 bits per heavy atom. The molecule has 2 unspecified atom stereocenters. The number of aliphatic carboxylic acids is 1. The van der Waals surface area contributed by atoms with Crippen LogP contribution in [0.3, 0.4) is 0 Å². The molecule has 0 amide bonds. The van der Waals surface area contributed by atoms with Gasteiger partial charge in [0.1, 0.15) is 6.10 Å². The molecule has 2 N–H and O–H groups in total. The maximum atomic E-state index is 10.5. The quantitative estimate of drug-likeness (QED) is 0.430. The molecule has 0 aromatic rings. The van der Waals surface area contributed by atoms with Crippen LogP contribution in [0.4, 0.5) is 0 Å². The molecule has 0 saturated heterocycles. The Labute approximate surface area is 99.7 Å². The van der Waals surface area contributed by atoms with Crippen molar-refractivity contribution >= 4 is 49.7 Å². The second kappa shape index (κ2) is 6.65. The first-order chi connectivity index (χ1) is 4.95. The van der Waals surface area contributed by atoms with E-state index in [1.54, 1.807) is 0 Å². The number of ether oxygens (including phenoxy) is 1. The van der Waals surface area contributed by atoms with Crippen LogP contribution in [-0.4, -0.2) is 72.1 Å². The SMILES string of the molecule is CC(O)C(=O)OC(C)C(=O)O.[CaH2]. The van der Waals surface area contributed by atoms with Crippen LogP contribution >= 0.6 is 0 Å². The number of aliphatic hydroxyl groups is 1. The minimum absolute atomic E-state index is 0. The van der Waals surface area contributed by atoms with Gasteiger partial charge in [0.25, 0.3) is 0 Å². The Morgan fingerprint density at radius 1 is 1.33 bits per heavy atom. The number of hydrogen-bond donors (Lipinski definition) is 2. The molecule has 0 rings (SSSR count). The zero-order valence-corrected chi connectivity index (χ0v) is 6.27. The van der Waals surface area contributed by atoms with E-state index in [1.807, 2.05) is 0 Å². The Morgan fingerprint density at radius 3 is 2.00 bits per heavy atom. The fourth-order valence-corrected chi connectivity index (χ4v) is 0.323. The third kappa shape index (κ3) is 5.77. The monoisotopic (exact) mass is 204 g/mol. The molecule has 68 valence electrons. The zero-order valence-electron chi connectivity index (χ0n) is 6.27. The Kier molecular flexibility index (Phi) is 8.13. The van der Waals surface area contributed by atoms with Gasteiger partial charge in [0.05, 0.1) is 0 Å². The number of rotatable bonds is 3. The second-order valence-electron chi connectivity index (χ2n) is 2.09. The molecule has 0 aromatic heterocycles. The number of carboxylic acid groups (broad SMARTS) is 1. The van der Waals surface area contributed by atoms with E-state index in [9.17, 15) is 9.59 Å². The fraction of sp³-hybridized carbons (Fsp3) is 0.667. The van der Waals surface area contributed by atoms with Crippen molar-refractivity contribution in [2.24, 2.45) is 0 Å². The molecule has 0 aliphatic rings. The molecular weight excluding hydrogens is 192 g/mol. The van der Waals surface area contributed by atoms with E-state index < -0.39 is 24.1 Å². The summed E-state index contributed by atoms with van der Waals surface area (Å²) in [5.41, 5.74) is 0. The summed E-state index contributed by atoms with van der Waals surface area (Å²) in [6.45, 7) is 2.42. The molecule has 6 heteroatoms. The molecule has 2 atom stereocenters. The predicted octanol–water partition coefficient (Wildman–Crippen LogP) is -1.53. The van der Waals surface area contributed by atoms with Gasteiger partial charge in [-0.3, -0.25) is 0 Å². The Balaban J connectivity index is 0. The van der Waals surface area contributed by atoms with Crippen molar-refractivity contribution in [1.82, 2.24) is 0 Å². The van der Waals surface area contributed by atoms with Gasteiger partial charge >= 0.3 is 49.7 Å². The zero-order chi connectivity index (χ0) is 9.02. The summed E-state index contributed by atoms with van der Waals surface area (Å²) < 4.78 is 4.28. The molecule has 0 saturated carbocycles. The summed E-state index contributed by atoms with van der Waals surface area (Å²) in [6, 6.07) is 0. The first kappa shape index (κ1) is 14.7. The summed E-state index contributed by atoms with van der Waals surface area (Å²) in [5, 5.41) is 16.8. The van der Waals surface area contributed by atoms with E-state index in [0.717, 1.165) is 0 Å². The van der Waals surface area contributed by atoms with E-state index in [4.69, 9.17) is 10.2 Å². The van der Waals surface area contributed by atoms with Crippen LogP contribution in [0.25, 0.3) is 0 Å². The average Bonchev–Trinajstić information content (AvgIpc) is 1.87. The summed E-state index contributed by atoms with van der Waals surface area (Å²) in [4.78, 5) is 20.6. The van der Waals surface area contributed by atoms with Gasteiger partial charge in [-0.2, -0.15) is 0 Å². The summed E-state index contributed by atoms with van der Waals surface area (Å²) in [6.07, 6.45) is -2.49. The fourth-order valence-electron chi connectivity index (χ4n) is 0.323. The Hall–Kier alpha value is 0.160. The Bertz CT molecular complexity index is 167.